The molecule has 1 fully saturated rings. The molecule has 1 atom stereocenters. The monoisotopic (exact) mass is 290 g/mol. The zero-order valence-corrected chi connectivity index (χ0v) is 12.8. The van der Waals surface area contributed by atoms with Gasteiger partial charge < -0.3 is 5.73 Å². The highest BCUT2D eigenvalue weighted by atomic mass is 35.5. The Morgan fingerprint density at radius 1 is 1.05 bits per heavy atom. The Morgan fingerprint density at radius 2 is 1.70 bits per heavy atom. The van der Waals surface area contributed by atoms with Gasteiger partial charge in [-0.05, 0) is 42.2 Å². The maximum atomic E-state index is 5.98. The number of halogens is 1. The Kier molecular flexibility index (Phi) is 5.03. The van der Waals surface area contributed by atoms with Crippen LogP contribution in [-0.4, -0.2) is 24.0 Å². The van der Waals surface area contributed by atoms with Crippen LogP contribution in [0.4, 0.5) is 0 Å². The molecule has 3 rings (SSSR count). The van der Waals surface area contributed by atoms with Crippen LogP contribution < -0.4 is 5.73 Å². The van der Waals surface area contributed by atoms with Crippen molar-refractivity contribution in [2.75, 3.05) is 13.1 Å². The lowest BCUT2D eigenvalue weighted by Crippen LogP contribution is -2.40. The fourth-order valence-electron chi connectivity index (χ4n) is 2.99. The molecular weight excluding hydrogens is 268 g/mol. The van der Waals surface area contributed by atoms with Crippen LogP contribution in [-0.2, 0) is 0 Å². The molecule has 0 bridgehead atoms. The highest BCUT2D eigenvalue weighted by Crippen LogP contribution is 2.26. The fourth-order valence-corrected chi connectivity index (χ4v) is 2.99. The lowest BCUT2D eigenvalue weighted by molar-refractivity contribution is 0.163. The second-order valence-corrected chi connectivity index (χ2v) is 5.66. The maximum Gasteiger partial charge on any atom is 0.0320 e. The number of nitrogens with zero attached hydrogens (tertiary/aromatic N) is 1. The van der Waals surface area contributed by atoms with Gasteiger partial charge in [0.25, 0.3) is 0 Å². The number of likely N-dealkylation sites (tertiary alicyclic amines) is 1. The normalized spacial score (nSPS) is 18.7. The smallest absolute Gasteiger partial charge is 0.0320 e. The van der Waals surface area contributed by atoms with E-state index < -0.39 is 0 Å². The zero-order chi connectivity index (χ0) is 13.2. The van der Waals surface area contributed by atoms with E-state index >= 15 is 0 Å². The summed E-state index contributed by atoms with van der Waals surface area (Å²) in [6.45, 7) is 4.55. The molecular formula is C17H23ClN2. The number of benzene rings is 2. The molecule has 20 heavy (non-hydrogen) atoms. The quantitative estimate of drug-likeness (QED) is 0.913. The van der Waals surface area contributed by atoms with Crippen molar-refractivity contribution in [2.24, 2.45) is 5.73 Å². The highest BCUT2D eigenvalue weighted by molar-refractivity contribution is 5.85. The molecule has 1 unspecified atom stereocenters. The Balaban J connectivity index is 0.00000147. The van der Waals surface area contributed by atoms with Crippen LogP contribution in [0, 0.1) is 0 Å². The first-order valence-corrected chi connectivity index (χ1v) is 7.22. The second kappa shape index (κ2) is 6.57. The van der Waals surface area contributed by atoms with Crippen molar-refractivity contribution in [1.82, 2.24) is 4.90 Å². The predicted octanol–water partition coefficient (Wildman–Crippen LogP) is 3.75. The molecule has 2 nitrogen and oxygen atoms in total. The van der Waals surface area contributed by atoms with Crippen molar-refractivity contribution in [3.8, 4) is 0 Å². The number of nitrogens with two attached hydrogens (primary N) is 1. The average Bonchev–Trinajstić information content (AvgIpc) is 2.47. The van der Waals surface area contributed by atoms with Gasteiger partial charge >= 0.3 is 0 Å². The van der Waals surface area contributed by atoms with Crippen LogP contribution in [0.3, 0.4) is 0 Å². The lowest BCUT2D eigenvalue weighted by Gasteiger charge is -2.35. The Morgan fingerprint density at radius 3 is 2.40 bits per heavy atom. The summed E-state index contributed by atoms with van der Waals surface area (Å²) in [6, 6.07) is 16.3. The standard InChI is InChI=1S/C17H22N2.ClH/c1-13(19-10-8-17(18)9-11-19)15-7-6-14-4-2-3-5-16(14)12-15;/h2-7,12-13,17H,8-11,18H2,1H3;1H. The molecule has 1 saturated heterocycles. The van der Waals surface area contributed by atoms with Gasteiger partial charge in [-0.15, -0.1) is 12.4 Å². The first kappa shape index (κ1) is 15.3. The first-order valence-electron chi connectivity index (χ1n) is 7.22. The van der Waals surface area contributed by atoms with Crippen molar-refractivity contribution < 1.29 is 0 Å². The van der Waals surface area contributed by atoms with Gasteiger partial charge in [0.15, 0.2) is 0 Å². The summed E-state index contributed by atoms with van der Waals surface area (Å²) in [6.07, 6.45) is 2.25. The van der Waals surface area contributed by atoms with Crippen molar-refractivity contribution >= 4 is 23.2 Å². The van der Waals surface area contributed by atoms with E-state index in [9.17, 15) is 0 Å². The zero-order valence-electron chi connectivity index (χ0n) is 12.0. The summed E-state index contributed by atoms with van der Waals surface area (Å²) < 4.78 is 0. The third-order valence-electron chi connectivity index (χ3n) is 4.38. The number of rotatable bonds is 2. The first-order chi connectivity index (χ1) is 9.24. The van der Waals surface area contributed by atoms with Crippen molar-refractivity contribution in [3.63, 3.8) is 0 Å². The molecule has 108 valence electrons. The summed E-state index contributed by atoms with van der Waals surface area (Å²) in [5.74, 6) is 0. The van der Waals surface area contributed by atoms with Gasteiger partial charge in [0.2, 0.25) is 0 Å². The van der Waals surface area contributed by atoms with Crippen LogP contribution in [0.5, 0.6) is 0 Å². The molecule has 0 aliphatic carbocycles. The number of hydrogen-bond donors (Lipinski definition) is 1. The van der Waals surface area contributed by atoms with E-state index in [-0.39, 0.29) is 12.4 Å². The lowest BCUT2D eigenvalue weighted by atomic mass is 9.98. The minimum Gasteiger partial charge on any atom is -0.328 e. The molecule has 1 aliphatic heterocycles. The fraction of sp³-hybridized carbons (Fsp3) is 0.412. The molecule has 3 heteroatoms. The third-order valence-corrected chi connectivity index (χ3v) is 4.38. The Bertz CT molecular complexity index is 562. The topological polar surface area (TPSA) is 29.3 Å². The summed E-state index contributed by atoms with van der Waals surface area (Å²) in [7, 11) is 0. The predicted molar refractivity (Wildman–Crippen MR) is 88.4 cm³/mol. The van der Waals surface area contributed by atoms with Crippen LogP contribution in [0.1, 0.15) is 31.4 Å². The number of piperidine rings is 1. The van der Waals surface area contributed by atoms with E-state index in [2.05, 4.69) is 54.3 Å². The number of fused-ring (bicyclic) bond motifs is 1. The summed E-state index contributed by atoms with van der Waals surface area (Å²) >= 11 is 0. The highest BCUT2D eigenvalue weighted by Gasteiger charge is 2.21. The van der Waals surface area contributed by atoms with Gasteiger partial charge in [0.1, 0.15) is 0 Å². The van der Waals surface area contributed by atoms with Crippen molar-refractivity contribution in [3.05, 3.63) is 48.0 Å². The average molecular weight is 291 g/mol. The second-order valence-electron chi connectivity index (χ2n) is 5.66. The van der Waals surface area contributed by atoms with Crippen LogP contribution in [0.15, 0.2) is 42.5 Å². The molecule has 2 aromatic rings. The molecule has 1 heterocycles. The van der Waals surface area contributed by atoms with Gasteiger partial charge in [0.05, 0.1) is 0 Å². The van der Waals surface area contributed by atoms with E-state index in [1.807, 2.05) is 0 Å². The van der Waals surface area contributed by atoms with Gasteiger partial charge in [0, 0.05) is 25.2 Å². The van der Waals surface area contributed by atoms with E-state index in [1.165, 1.54) is 16.3 Å². The van der Waals surface area contributed by atoms with Crippen molar-refractivity contribution in [1.29, 1.82) is 0 Å². The summed E-state index contributed by atoms with van der Waals surface area (Å²) in [5.41, 5.74) is 7.39. The van der Waals surface area contributed by atoms with Gasteiger partial charge in [-0.25, -0.2) is 0 Å². The largest absolute Gasteiger partial charge is 0.328 e. The summed E-state index contributed by atoms with van der Waals surface area (Å²) in [5, 5.41) is 2.65. The maximum absolute atomic E-state index is 5.98. The van der Waals surface area contributed by atoms with Crippen LogP contribution in [0.2, 0.25) is 0 Å². The van der Waals surface area contributed by atoms with Crippen LogP contribution >= 0.6 is 12.4 Å². The minimum atomic E-state index is 0. The van der Waals surface area contributed by atoms with Gasteiger partial charge in [-0.2, -0.15) is 0 Å². The van der Waals surface area contributed by atoms with E-state index in [0.717, 1.165) is 25.9 Å². The molecule has 0 saturated carbocycles. The molecule has 0 amide bonds. The molecule has 0 aromatic heterocycles. The molecule has 2 N–H and O–H groups in total. The van der Waals surface area contributed by atoms with Gasteiger partial charge in [-0.3, -0.25) is 4.90 Å². The molecule has 2 aromatic carbocycles. The molecule has 0 radical (unpaired) electrons. The number of hydrogen-bond acceptors (Lipinski definition) is 2. The van der Waals surface area contributed by atoms with Crippen molar-refractivity contribution in [2.45, 2.75) is 31.8 Å². The van der Waals surface area contributed by atoms with Gasteiger partial charge in [-0.1, -0.05) is 36.4 Å². The van der Waals surface area contributed by atoms with E-state index in [1.54, 1.807) is 0 Å². The molecule has 1 aliphatic rings. The van der Waals surface area contributed by atoms with E-state index in [0.29, 0.717) is 12.1 Å². The minimum absolute atomic E-state index is 0. The van der Waals surface area contributed by atoms with Crippen LogP contribution in [0.25, 0.3) is 10.8 Å². The molecule has 0 spiro atoms. The van der Waals surface area contributed by atoms with E-state index in [4.69, 9.17) is 5.73 Å². The summed E-state index contributed by atoms with van der Waals surface area (Å²) in [4.78, 5) is 2.55. The SMILES string of the molecule is CC(c1ccc2ccccc2c1)N1CCC(N)CC1.Cl. The Hall–Kier alpha value is -1.09. The Labute approximate surface area is 127 Å². The third kappa shape index (κ3) is 3.14.